The Bertz CT molecular complexity index is 546. The topological polar surface area (TPSA) is 79.0 Å². The highest BCUT2D eigenvalue weighted by molar-refractivity contribution is 5.64. The molecule has 0 saturated heterocycles. The molecule has 1 N–H and O–H groups in total. The van der Waals surface area contributed by atoms with Gasteiger partial charge in [-0.1, -0.05) is 12.2 Å². The quantitative estimate of drug-likeness (QED) is 0.510. The number of benzene rings is 1. The lowest BCUT2D eigenvalue weighted by Crippen LogP contribution is -2.16. The van der Waals surface area contributed by atoms with Crippen LogP contribution in [0, 0.1) is 27.4 Å². The number of nitrogens with one attached hydrogen (secondary N) is 1. The van der Waals surface area contributed by atoms with Crippen LogP contribution in [0.2, 0.25) is 0 Å². The fraction of sp³-hybridized carbons (Fsp3) is 0.357. The fourth-order valence-corrected chi connectivity index (χ4v) is 2.20. The molecule has 0 amide bonds. The first-order chi connectivity index (χ1) is 9.20. The highest BCUT2D eigenvalue weighted by Crippen LogP contribution is 2.26. The summed E-state index contributed by atoms with van der Waals surface area (Å²) in [6.07, 6.45) is 7.51. The second-order valence-electron chi connectivity index (χ2n) is 4.63. The van der Waals surface area contributed by atoms with Crippen molar-refractivity contribution in [1.29, 1.82) is 5.26 Å². The van der Waals surface area contributed by atoms with Gasteiger partial charge in [0, 0.05) is 12.6 Å². The van der Waals surface area contributed by atoms with Crippen molar-refractivity contribution >= 4 is 11.4 Å². The molecule has 0 spiro atoms. The van der Waals surface area contributed by atoms with Crippen LogP contribution >= 0.6 is 0 Å². The molecule has 0 aliphatic heterocycles. The minimum absolute atomic E-state index is 0.0367. The molecule has 0 radical (unpaired) electrons. The number of nitriles is 1. The molecule has 1 aromatic carbocycles. The lowest BCUT2D eigenvalue weighted by Gasteiger charge is -2.18. The third-order valence-electron chi connectivity index (χ3n) is 3.28. The van der Waals surface area contributed by atoms with Gasteiger partial charge < -0.3 is 5.32 Å². The van der Waals surface area contributed by atoms with E-state index >= 15 is 0 Å². The Morgan fingerprint density at radius 1 is 1.47 bits per heavy atom. The van der Waals surface area contributed by atoms with E-state index in [0.29, 0.717) is 17.2 Å². The molecular formula is C14H15N3O2. The van der Waals surface area contributed by atoms with E-state index in [1.165, 1.54) is 6.07 Å². The van der Waals surface area contributed by atoms with Gasteiger partial charge in [0.25, 0.3) is 5.69 Å². The molecule has 19 heavy (non-hydrogen) atoms. The molecule has 0 bridgehead atoms. The molecule has 1 aromatic rings. The molecule has 1 atom stereocenters. The Hall–Kier alpha value is -2.35. The smallest absolute Gasteiger partial charge is 0.293 e. The average molecular weight is 257 g/mol. The third kappa shape index (κ3) is 3.32. The number of anilines is 1. The summed E-state index contributed by atoms with van der Waals surface area (Å²) in [5, 5.41) is 22.9. The number of nitro groups is 1. The summed E-state index contributed by atoms with van der Waals surface area (Å²) in [7, 11) is 0. The first-order valence-corrected chi connectivity index (χ1v) is 6.28. The zero-order valence-electron chi connectivity index (χ0n) is 10.5. The van der Waals surface area contributed by atoms with Gasteiger partial charge in [-0.15, -0.1) is 0 Å². The van der Waals surface area contributed by atoms with Crippen LogP contribution in [-0.2, 0) is 0 Å². The third-order valence-corrected chi connectivity index (χ3v) is 3.28. The normalized spacial score (nSPS) is 17.7. The second kappa shape index (κ2) is 6.01. The van der Waals surface area contributed by atoms with E-state index in [0.717, 1.165) is 25.8 Å². The van der Waals surface area contributed by atoms with E-state index in [1.807, 2.05) is 6.07 Å². The van der Waals surface area contributed by atoms with Gasteiger partial charge in [0.1, 0.15) is 5.69 Å². The standard InChI is InChI=1S/C14H15N3O2/c15-9-12-6-7-13(14(8-12)17(18)19)16-10-11-4-2-1-3-5-11/h1-2,6-8,11,16H,3-5,10H2. The van der Waals surface area contributed by atoms with Crippen LogP contribution in [0.25, 0.3) is 0 Å². The Balaban J connectivity index is 2.09. The van der Waals surface area contributed by atoms with E-state index < -0.39 is 4.92 Å². The van der Waals surface area contributed by atoms with Crippen LogP contribution in [0.15, 0.2) is 30.4 Å². The Labute approximate surface area is 111 Å². The van der Waals surface area contributed by atoms with Crippen LogP contribution in [0.3, 0.4) is 0 Å². The molecular weight excluding hydrogens is 242 g/mol. The number of nitro benzene ring substituents is 1. The summed E-state index contributed by atoms with van der Waals surface area (Å²) in [6.45, 7) is 0.719. The molecule has 0 fully saturated rings. The van der Waals surface area contributed by atoms with Crippen molar-refractivity contribution in [2.75, 3.05) is 11.9 Å². The van der Waals surface area contributed by atoms with Crippen LogP contribution in [0.4, 0.5) is 11.4 Å². The van der Waals surface area contributed by atoms with Gasteiger partial charge in [-0.2, -0.15) is 5.26 Å². The highest BCUT2D eigenvalue weighted by atomic mass is 16.6. The molecule has 98 valence electrons. The Morgan fingerprint density at radius 3 is 2.95 bits per heavy atom. The number of allylic oxidation sites excluding steroid dienone is 2. The van der Waals surface area contributed by atoms with Crippen molar-refractivity contribution < 1.29 is 4.92 Å². The van der Waals surface area contributed by atoms with Crippen LogP contribution < -0.4 is 5.32 Å². The number of rotatable bonds is 4. The lowest BCUT2D eigenvalue weighted by atomic mass is 9.94. The molecule has 1 aliphatic rings. The predicted molar refractivity (Wildman–Crippen MR) is 72.8 cm³/mol. The maximum Gasteiger partial charge on any atom is 0.293 e. The summed E-state index contributed by atoms with van der Waals surface area (Å²) in [5.74, 6) is 0.514. The van der Waals surface area contributed by atoms with Gasteiger partial charge in [-0.25, -0.2) is 0 Å². The van der Waals surface area contributed by atoms with Gasteiger partial charge in [0.2, 0.25) is 0 Å². The van der Waals surface area contributed by atoms with Crippen molar-refractivity contribution in [3.63, 3.8) is 0 Å². The van der Waals surface area contributed by atoms with Gasteiger partial charge in [-0.3, -0.25) is 10.1 Å². The van der Waals surface area contributed by atoms with E-state index in [4.69, 9.17) is 5.26 Å². The summed E-state index contributed by atoms with van der Waals surface area (Å²) >= 11 is 0. The first-order valence-electron chi connectivity index (χ1n) is 6.28. The zero-order valence-corrected chi connectivity index (χ0v) is 10.5. The number of hydrogen-bond donors (Lipinski definition) is 1. The monoisotopic (exact) mass is 257 g/mol. The van der Waals surface area contributed by atoms with E-state index in [9.17, 15) is 10.1 Å². The van der Waals surface area contributed by atoms with Crippen molar-refractivity contribution in [3.8, 4) is 6.07 Å². The summed E-state index contributed by atoms with van der Waals surface area (Å²) in [4.78, 5) is 10.5. The minimum atomic E-state index is -0.454. The van der Waals surface area contributed by atoms with Crippen molar-refractivity contribution in [3.05, 3.63) is 46.0 Å². The molecule has 0 heterocycles. The Kier molecular flexibility index (Phi) is 4.14. The van der Waals surface area contributed by atoms with Gasteiger partial charge in [-0.05, 0) is 37.3 Å². The maximum absolute atomic E-state index is 11.0. The van der Waals surface area contributed by atoms with Crippen molar-refractivity contribution in [1.82, 2.24) is 0 Å². The molecule has 2 rings (SSSR count). The second-order valence-corrected chi connectivity index (χ2v) is 4.63. The zero-order chi connectivity index (χ0) is 13.7. The summed E-state index contributed by atoms with van der Waals surface area (Å²) in [5.41, 5.74) is 0.752. The van der Waals surface area contributed by atoms with Crippen LogP contribution in [0.1, 0.15) is 24.8 Å². The summed E-state index contributed by atoms with van der Waals surface area (Å²) in [6, 6.07) is 6.42. The minimum Gasteiger partial charge on any atom is -0.379 e. The first kappa shape index (κ1) is 13.1. The van der Waals surface area contributed by atoms with Crippen molar-refractivity contribution in [2.45, 2.75) is 19.3 Å². The van der Waals surface area contributed by atoms with Gasteiger partial charge >= 0.3 is 0 Å². The van der Waals surface area contributed by atoms with Crippen LogP contribution in [-0.4, -0.2) is 11.5 Å². The molecule has 5 heteroatoms. The largest absolute Gasteiger partial charge is 0.379 e. The predicted octanol–water partition coefficient (Wildman–Crippen LogP) is 3.23. The van der Waals surface area contributed by atoms with Crippen molar-refractivity contribution in [2.24, 2.45) is 5.92 Å². The molecule has 0 aromatic heterocycles. The van der Waals surface area contributed by atoms with Gasteiger partial charge in [0.05, 0.1) is 16.6 Å². The molecule has 1 unspecified atom stereocenters. The molecule has 5 nitrogen and oxygen atoms in total. The van der Waals surface area contributed by atoms with E-state index in [1.54, 1.807) is 12.1 Å². The fourth-order valence-electron chi connectivity index (χ4n) is 2.20. The van der Waals surface area contributed by atoms with E-state index in [-0.39, 0.29) is 5.69 Å². The van der Waals surface area contributed by atoms with Crippen LogP contribution in [0.5, 0.6) is 0 Å². The maximum atomic E-state index is 11.0. The number of hydrogen-bond acceptors (Lipinski definition) is 4. The molecule has 0 saturated carbocycles. The lowest BCUT2D eigenvalue weighted by molar-refractivity contribution is -0.384. The Morgan fingerprint density at radius 2 is 2.32 bits per heavy atom. The highest BCUT2D eigenvalue weighted by Gasteiger charge is 2.16. The average Bonchev–Trinajstić information content (AvgIpc) is 2.46. The summed E-state index contributed by atoms with van der Waals surface area (Å²) < 4.78 is 0. The SMILES string of the molecule is N#Cc1ccc(NCC2CC=CCC2)c([N+](=O)[O-])c1. The molecule has 1 aliphatic carbocycles. The number of nitrogens with zero attached hydrogens (tertiary/aromatic N) is 2. The van der Waals surface area contributed by atoms with E-state index in [2.05, 4.69) is 17.5 Å². The van der Waals surface area contributed by atoms with Gasteiger partial charge in [0.15, 0.2) is 0 Å².